The molecule has 0 saturated carbocycles. The molecular weight excluding hydrogens is 280 g/mol. The first kappa shape index (κ1) is 16.4. The van der Waals surface area contributed by atoms with Gasteiger partial charge in [-0.2, -0.15) is 0 Å². The number of piperidine rings is 1. The fourth-order valence-electron chi connectivity index (χ4n) is 2.50. The summed E-state index contributed by atoms with van der Waals surface area (Å²) in [7, 11) is 0. The van der Waals surface area contributed by atoms with Crippen molar-refractivity contribution in [1.82, 2.24) is 10.3 Å². The first-order valence-corrected chi connectivity index (χ1v) is 7.71. The minimum Gasteiger partial charge on any atom is -0.444 e. The summed E-state index contributed by atoms with van der Waals surface area (Å²) in [4.78, 5) is 18.5. The van der Waals surface area contributed by atoms with E-state index >= 15 is 0 Å². The summed E-state index contributed by atoms with van der Waals surface area (Å²) < 4.78 is 5.32. The number of ether oxygens (including phenoxy) is 1. The summed E-state index contributed by atoms with van der Waals surface area (Å²) >= 11 is 0. The lowest BCUT2D eigenvalue weighted by Crippen LogP contribution is -2.49. The molecule has 6 nitrogen and oxygen atoms in total. The third-order valence-corrected chi connectivity index (χ3v) is 3.60. The van der Waals surface area contributed by atoms with Gasteiger partial charge in [0.15, 0.2) is 0 Å². The monoisotopic (exact) mass is 306 g/mol. The topological polar surface area (TPSA) is 80.5 Å². The van der Waals surface area contributed by atoms with Gasteiger partial charge >= 0.3 is 6.09 Å². The fourth-order valence-corrected chi connectivity index (χ4v) is 2.50. The molecule has 1 aromatic rings. The van der Waals surface area contributed by atoms with E-state index in [1.54, 1.807) is 6.20 Å². The highest BCUT2D eigenvalue weighted by Gasteiger charge is 2.24. The Bertz CT molecular complexity index is 539. The third kappa shape index (κ3) is 4.51. The second kappa shape index (κ2) is 6.42. The third-order valence-electron chi connectivity index (χ3n) is 3.60. The predicted octanol–water partition coefficient (Wildman–Crippen LogP) is 2.47. The lowest BCUT2D eigenvalue weighted by Gasteiger charge is -2.34. The van der Waals surface area contributed by atoms with Crippen LogP contribution in [-0.2, 0) is 4.74 Å². The van der Waals surface area contributed by atoms with Gasteiger partial charge < -0.3 is 20.7 Å². The van der Waals surface area contributed by atoms with Crippen molar-refractivity contribution in [2.75, 3.05) is 23.7 Å². The molecule has 1 atom stereocenters. The van der Waals surface area contributed by atoms with E-state index in [1.807, 2.05) is 33.8 Å². The molecule has 0 bridgehead atoms. The van der Waals surface area contributed by atoms with Crippen LogP contribution in [-0.4, -0.2) is 35.8 Å². The molecule has 1 saturated heterocycles. The summed E-state index contributed by atoms with van der Waals surface area (Å²) in [5.74, 6) is 0.905. The molecule has 2 rings (SSSR count). The molecule has 0 aromatic carbocycles. The zero-order chi connectivity index (χ0) is 16.3. The van der Waals surface area contributed by atoms with E-state index in [9.17, 15) is 4.79 Å². The number of rotatable bonds is 2. The fraction of sp³-hybridized carbons (Fsp3) is 0.625. The number of hydrogen-bond donors (Lipinski definition) is 2. The molecule has 1 fully saturated rings. The van der Waals surface area contributed by atoms with Crippen molar-refractivity contribution in [2.45, 2.75) is 52.2 Å². The van der Waals surface area contributed by atoms with Crippen molar-refractivity contribution in [3.63, 3.8) is 0 Å². The smallest absolute Gasteiger partial charge is 0.407 e. The molecule has 1 aliphatic rings. The lowest BCUT2D eigenvalue weighted by molar-refractivity contribution is 0.0500. The van der Waals surface area contributed by atoms with Crippen molar-refractivity contribution in [2.24, 2.45) is 0 Å². The van der Waals surface area contributed by atoms with Crippen molar-refractivity contribution >= 4 is 17.6 Å². The maximum Gasteiger partial charge on any atom is 0.407 e. The van der Waals surface area contributed by atoms with Gasteiger partial charge in [0, 0.05) is 19.1 Å². The van der Waals surface area contributed by atoms with Crippen LogP contribution >= 0.6 is 0 Å². The van der Waals surface area contributed by atoms with E-state index in [-0.39, 0.29) is 12.1 Å². The number of nitrogens with one attached hydrogen (secondary N) is 1. The largest absolute Gasteiger partial charge is 0.444 e. The van der Waals surface area contributed by atoms with E-state index in [0.29, 0.717) is 5.69 Å². The van der Waals surface area contributed by atoms with Crippen molar-refractivity contribution in [1.29, 1.82) is 0 Å². The van der Waals surface area contributed by atoms with E-state index in [2.05, 4.69) is 15.2 Å². The number of carbonyl (C=O) groups is 1. The number of aryl methyl sites for hydroxylation is 1. The quantitative estimate of drug-likeness (QED) is 0.877. The van der Waals surface area contributed by atoms with Gasteiger partial charge in [-0.3, -0.25) is 0 Å². The van der Waals surface area contributed by atoms with Gasteiger partial charge in [0.1, 0.15) is 11.4 Å². The van der Waals surface area contributed by atoms with Gasteiger partial charge in [0.2, 0.25) is 0 Å². The van der Waals surface area contributed by atoms with Crippen molar-refractivity contribution in [3.05, 3.63) is 17.8 Å². The molecule has 1 aliphatic heterocycles. The van der Waals surface area contributed by atoms with Gasteiger partial charge in [0.05, 0.1) is 11.9 Å². The number of anilines is 2. The van der Waals surface area contributed by atoms with Crippen LogP contribution in [0.25, 0.3) is 0 Å². The summed E-state index contributed by atoms with van der Waals surface area (Å²) in [6, 6.07) is 2.06. The number of nitrogens with two attached hydrogens (primary N) is 1. The van der Waals surface area contributed by atoms with Crippen LogP contribution in [0.15, 0.2) is 12.3 Å². The van der Waals surface area contributed by atoms with E-state index in [0.717, 1.165) is 37.3 Å². The van der Waals surface area contributed by atoms with Gasteiger partial charge in [-0.15, -0.1) is 0 Å². The normalized spacial score (nSPS) is 18.9. The predicted molar refractivity (Wildman–Crippen MR) is 88.0 cm³/mol. The summed E-state index contributed by atoms with van der Waals surface area (Å²) in [5.41, 5.74) is 7.06. The molecule has 3 N–H and O–H groups in total. The Kier molecular flexibility index (Phi) is 4.78. The lowest BCUT2D eigenvalue weighted by atomic mass is 10.1. The molecule has 1 amide bonds. The minimum atomic E-state index is -0.478. The highest BCUT2D eigenvalue weighted by Crippen LogP contribution is 2.21. The van der Waals surface area contributed by atoms with E-state index in [1.165, 1.54) is 0 Å². The molecule has 2 heterocycles. The number of nitrogen functional groups attached to an aromatic ring is 1. The standard InChI is InChI=1S/C16H26N4O2/c1-11-8-14(18-9-13(11)17)20-7-5-6-12(10-20)19-15(21)22-16(2,3)4/h8-9,12H,5-7,10,17H2,1-4H3,(H,19,21)/t12-/m0/s1. The summed E-state index contributed by atoms with van der Waals surface area (Å²) in [5, 5.41) is 2.95. The van der Waals surface area contributed by atoms with Crippen LogP contribution in [0.5, 0.6) is 0 Å². The number of carbonyl (C=O) groups excluding carboxylic acids is 1. The van der Waals surface area contributed by atoms with Crippen LogP contribution < -0.4 is 16.0 Å². The molecule has 22 heavy (non-hydrogen) atoms. The molecule has 0 aliphatic carbocycles. The van der Waals surface area contributed by atoms with Gasteiger partial charge in [0.25, 0.3) is 0 Å². The zero-order valence-corrected chi connectivity index (χ0v) is 13.8. The van der Waals surface area contributed by atoms with E-state index in [4.69, 9.17) is 10.5 Å². The Balaban J connectivity index is 1.96. The van der Waals surface area contributed by atoms with Gasteiger partial charge in [-0.1, -0.05) is 0 Å². The Morgan fingerprint density at radius 2 is 2.23 bits per heavy atom. The number of pyridine rings is 1. The molecule has 1 aromatic heterocycles. The molecule has 0 spiro atoms. The van der Waals surface area contributed by atoms with Gasteiger partial charge in [-0.05, 0) is 52.2 Å². The highest BCUT2D eigenvalue weighted by molar-refractivity contribution is 5.68. The molecular formula is C16H26N4O2. The first-order valence-electron chi connectivity index (χ1n) is 7.71. The number of nitrogens with zero attached hydrogens (tertiary/aromatic N) is 2. The van der Waals surface area contributed by atoms with Crippen LogP contribution in [0, 0.1) is 6.92 Å². The van der Waals surface area contributed by atoms with Crippen molar-refractivity contribution < 1.29 is 9.53 Å². The number of hydrogen-bond acceptors (Lipinski definition) is 5. The summed E-state index contributed by atoms with van der Waals surface area (Å²) in [6.07, 6.45) is 3.28. The molecule has 122 valence electrons. The van der Waals surface area contributed by atoms with Crippen LogP contribution in [0.4, 0.5) is 16.3 Å². The average Bonchev–Trinajstić information content (AvgIpc) is 2.40. The van der Waals surface area contributed by atoms with Crippen LogP contribution in [0.2, 0.25) is 0 Å². The minimum absolute atomic E-state index is 0.0725. The maximum atomic E-state index is 11.9. The Morgan fingerprint density at radius 3 is 2.86 bits per heavy atom. The van der Waals surface area contributed by atoms with Crippen molar-refractivity contribution in [3.8, 4) is 0 Å². The second-order valence-electron chi connectivity index (χ2n) is 6.83. The Labute approximate surface area is 132 Å². The van der Waals surface area contributed by atoms with Crippen LogP contribution in [0.3, 0.4) is 0 Å². The average molecular weight is 306 g/mol. The number of aromatic nitrogens is 1. The SMILES string of the molecule is Cc1cc(N2CCC[C@H](NC(=O)OC(C)(C)C)C2)ncc1N. The van der Waals surface area contributed by atoms with Crippen LogP contribution in [0.1, 0.15) is 39.2 Å². The second-order valence-corrected chi connectivity index (χ2v) is 6.83. The zero-order valence-electron chi connectivity index (χ0n) is 13.8. The maximum absolute atomic E-state index is 11.9. The number of alkyl carbamates (subject to hydrolysis) is 1. The molecule has 6 heteroatoms. The Morgan fingerprint density at radius 1 is 1.50 bits per heavy atom. The van der Waals surface area contributed by atoms with E-state index < -0.39 is 5.60 Å². The molecule has 0 radical (unpaired) electrons. The number of amides is 1. The highest BCUT2D eigenvalue weighted by atomic mass is 16.6. The van der Waals surface area contributed by atoms with Gasteiger partial charge in [-0.25, -0.2) is 9.78 Å². The Hall–Kier alpha value is -1.98. The first-order chi connectivity index (χ1) is 10.2. The molecule has 0 unspecified atom stereocenters. The summed E-state index contributed by atoms with van der Waals surface area (Å²) in [6.45, 7) is 9.22.